The molecule has 6 nitrogen and oxygen atoms in total. The highest BCUT2D eigenvalue weighted by molar-refractivity contribution is 5.76. The maximum atomic E-state index is 10.9. The number of nitrogens with zero attached hydrogens (tertiary/aromatic N) is 4. The Kier molecular flexibility index (Phi) is 8.23. The molecule has 1 fully saturated rings. The first kappa shape index (κ1) is 26.4. The molecule has 5 rings (SSSR count). The zero-order valence-corrected chi connectivity index (χ0v) is 22.9. The van der Waals surface area contributed by atoms with Gasteiger partial charge in [0.2, 0.25) is 0 Å². The number of pyridine rings is 1. The standard InChI is InChI=1S/C33H37N5O/c1-25-11-13-28(14-12-25)33-31(38-23-30(15-16-32(38)35-33)27-8-5-4-6-9-27)24-36-17-19-37(20-18-36)26(2)29(22-34-3)10-7-21-39/h5,7-16,21-23,34H,2,4,6,17-20,24H2,1,3H3/b10-7-,29-22+. The molecule has 0 amide bonds. The van der Waals surface area contributed by atoms with E-state index >= 15 is 0 Å². The van der Waals surface area contributed by atoms with Gasteiger partial charge in [-0.05, 0) is 55.2 Å². The first-order valence-corrected chi connectivity index (χ1v) is 13.7. The molecule has 1 aromatic carbocycles. The SMILES string of the molecule is C=C(C(/C=C\C=O)=C/NC)N1CCN(Cc2c(-c3ccc(C)cc3)nc3ccc(C4=CCCC=C4)cn23)CC1. The molecular formula is C33H37N5O. The van der Waals surface area contributed by atoms with Crippen molar-refractivity contribution in [3.05, 3.63) is 114 Å². The Morgan fingerprint density at radius 1 is 1.05 bits per heavy atom. The zero-order chi connectivity index (χ0) is 27.2. The van der Waals surface area contributed by atoms with E-state index < -0.39 is 0 Å². The van der Waals surface area contributed by atoms with Gasteiger partial charge in [0.1, 0.15) is 11.9 Å². The Balaban J connectivity index is 1.41. The number of rotatable bonds is 9. The van der Waals surface area contributed by atoms with Crippen molar-refractivity contribution in [2.75, 3.05) is 33.2 Å². The van der Waals surface area contributed by atoms with Gasteiger partial charge < -0.3 is 14.6 Å². The number of aldehydes is 1. The number of nitrogens with one attached hydrogen (secondary N) is 1. The van der Waals surface area contributed by atoms with Crippen LogP contribution in [0.25, 0.3) is 22.5 Å². The molecule has 0 saturated carbocycles. The monoisotopic (exact) mass is 519 g/mol. The number of carbonyl (C=O) groups excluding carboxylic acids is 1. The maximum absolute atomic E-state index is 10.9. The fourth-order valence-electron chi connectivity index (χ4n) is 5.28. The lowest BCUT2D eigenvalue weighted by atomic mass is 10.0. The molecule has 200 valence electrons. The molecule has 1 N–H and O–H groups in total. The highest BCUT2D eigenvalue weighted by atomic mass is 16.1. The number of aromatic nitrogens is 2. The minimum atomic E-state index is 0.794. The molecule has 0 atom stereocenters. The fraction of sp³-hybridized carbons (Fsp3) is 0.273. The highest BCUT2D eigenvalue weighted by Crippen LogP contribution is 2.29. The summed E-state index contributed by atoms with van der Waals surface area (Å²) in [4.78, 5) is 20.8. The summed E-state index contributed by atoms with van der Waals surface area (Å²) in [5.41, 5.74) is 9.97. The number of benzene rings is 1. The molecular weight excluding hydrogens is 482 g/mol. The second-order valence-electron chi connectivity index (χ2n) is 10.2. The Hall–Kier alpha value is -4.16. The summed E-state index contributed by atoms with van der Waals surface area (Å²) in [6.45, 7) is 10.8. The van der Waals surface area contributed by atoms with E-state index in [1.165, 1.54) is 28.5 Å². The van der Waals surface area contributed by atoms with Gasteiger partial charge in [0.25, 0.3) is 0 Å². The number of fused-ring (bicyclic) bond motifs is 1. The maximum Gasteiger partial charge on any atom is 0.142 e. The normalized spacial score (nSPS) is 16.6. The van der Waals surface area contributed by atoms with Gasteiger partial charge in [-0.15, -0.1) is 0 Å². The summed E-state index contributed by atoms with van der Waals surface area (Å²) >= 11 is 0. The van der Waals surface area contributed by atoms with Crippen LogP contribution in [-0.2, 0) is 11.3 Å². The van der Waals surface area contributed by atoms with Gasteiger partial charge >= 0.3 is 0 Å². The highest BCUT2D eigenvalue weighted by Gasteiger charge is 2.23. The number of piperazine rings is 1. The molecule has 0 radical (unpaired) electrons. The quantitative estimate of drug-likeness (QED) is 0.229. The van der Waals surface area contributed by atoms with E-state index in [9.17, 15) is 4.79 Å². The molecule has 2 aromatic heterocycles. The van der Waals surface area contributed by atoms with E-state index in [2.05, 4.69) is 93.8 Å². The first-order chi connectivity index (χ1) is 19.1. The third-order valence-corrected chi connectivity index (χ3v) is 7.49. The molecule has 39 heavy (non-hydrogen) atoms. The van der Waals surface area contributed by atoms with Gasteiger partial charge in [-0.1, -0.05) is 54.6 Å². The number of imidazole rings is 1. The van der Waals surface area contributed by atoms with Crippen molar-refractivity contribution in [2.24, 2.45) is 0 Å². The predicted molar refractivity (Wildman–Crippen MR) is 160 cm³/mol. The molecule has 3 aromatic rings. The van der Waals surface area contributed by atoms with Crippen molar-refractivity contribution in [3.63, 3.8) is 0 Å². The van der Waals surface area contributed by atoms with E-state index in [0.29, 0.717) is 0 Å². The minimum absolute atomic E-state index is 0.794. The first-order valence-electron chi connectivity index (χ1n) is 13.7. The lowest BCUT2D eigenvalue weighted by Crippen LogP contribution is -2.45. The third kappa shape index (κ3) is 5.96. The van der Waals surface area contributed by atoms with Crippen molar-refractivity contribution < 1.29 is 4.79 Å². The Bertz CT molecular complexity index is 1460. The van der Waals surface area contributed by atoms with Crippen molar-refractivity contribution in [3.8, 4) is 11.3 Å². The van der Waals surface area contributed by atoms with E-state index in [0.717, 1.165) is 80.0 Å². The van der Waals surface area contributed by atoms with Crippen LogP contribution in [0, 0.1) is 6.92 Å². The van der Waals surface area contributed by atoms with Crippen molar-refractivity contribution >= 4 is 17.5 Å². The van der Waals surface area contributed by atoms with Crippen LogP contribution in [0.2, 0.25) is 0 Å². The van der Waals surface area contributed by atoms with Gasteiger partial charge in [-0.2, -0.15) is 0 Å². The van der Waals surface area contributed by atoms with E-state index in [-0.39, 0.29) is 0 Å². The zero-order valence-electron chi connectivity index (χ0n) is 22.9. The van der Waals surface area contributed by atoms with E-state index in [4.69, 9.17) is 4.98 Å². The number of allylic oxidation sites excluding steroid dienone is 6. The van der Waals surface area contributed by atoms with E-state index in [1.54, 1.807) is 6.08 Å². The van der Waals surface area contributed by atoms with Crippen LogP contribution in [0.3, 0.4) is 0 Å². The van der Waals surface area contributed by atoms with Gasteiger partial charge in [0.05, 0.1) is 11.4 Å². The van der Waals surface area contributed by atoms with Gasteiger partial charge in [0.15, 0.2) is 0 Å². The summed E-state index contributed by atoms with van der Waals surface area (Å²) in [6.07, 6.45) is 17.3. The average molecular weight is 520 g/mol. The molecule has 0 bridgehead atoms. The predicted octanol–water partition coefficient (Wildman–Crippen LogP) is 5.53. The summed E-state index contributed by atoms with van der Waals surface area (Å²) in [7, 11) is 1.86. The molecule has 6 heteroatoms. The summed E-state index contributed by atoms with van der Waals surface area (Å²) in [5, 5.41) is 3.06. The van der Waals surface area contributed by atoms with Crippen LogP contribution in [0.1, 0.15) is 29.7 Å². The molecule has 0 spiro atoms. The second kappa shape index (κ2) is 12.1. The fourth-order valence-corrected chi connectivity index (χ4v) is 5.28. The topological polar surface area (TPSA) is 52.9 Å². The number of hydrogen-bond acceptors (Lipinski definition) is 5. The Labute approximate surface area is 231 Å². The summed E-state index contributed by atoms with van der Waals surface area (Å²) < 4.78 is 2.29. The second-order valence-corrected chi connectivity index (χ2v) is 10.2. The van der Waals surface area contributed by atoms with Gasteiger partial charge in [-0.25, -0.2) is 4.98 Å². The summed E-state index contributed by atoms with van der Waals surface area (Å²) in [5.74, 6) is 0. The lowest BCUT2D eigenvalue weighted by molar-refractivity contribution is -0.104. The van der Waals surface area contributed by atoms with Crippen LogP contribution in [0.4, 0.5) is 0 Å². The molecule has 2 aliphatic rings. The van der Waals surface area contributed by atoms with Crippen LogP contribution in [0.5, 0.6) is 0 Å². The van der Waals surface area contributed by atoms with Crippen molar-refractivity contribution in [1.82, 2.24) is 24.5 Å². The van der Waals surface area contributed by atoms with Gasteiger partial charge in [0, 0.05) is 69.0 Å². The smallest absolute Gasteiger partial charge is 0.142 e. The molecule has 1 saturated heterocycles. The number of hydrogen-bond donors (Lipinski definition) is 1. The van der Waals surface area contributed by atoms with Crippen LogP contribution >= 0.6 is 0 Å². The number of carbonyl (C=O) groups is 1. The average Bonchev–Trinajstić information content (AvgIpc) is 3.33. The van der Waals surface area contributed by atoms with Crippen LogP contribution < -0.4 is 5.32 Å². The van der Waals surface area contributed by atoms with Crippen molar-refractivity contribution in [1.29, 1.82) is 0 Å². The minimum Gasteiger partial charge on any atom is -0.393 e. The molecule has 0 unspecified atom stereocenters. The van der Waals surface area contributed by atoms with Crippen LogP contribution in [-0.4, -0.2) is 58.7 Å². The Morgan fingerprint density at radius 3 is 2.51 bits per heavy atom. The lowest BCUT2D eigenvalue weighted by Gasteiger charge is -2.37. The molecule has 1 aliphatic carbocycles. The number of aryl methyl sites for hydroxylation is 1. The largest absolute Gasteiger partial charge is 0.393 e. The van der Waals surface area contributed by atoms with Crippen LogP contribution in [0.15, 0.2) is 97.0 Å². The van der Waals surface area contributed by atoms with E-state index in [1.807, 2.05) is 13.2 Å². The Morgan fingerprint density at radius 2 is 1.82 bits per heavy atom. The molecule has 1 aliphatic heterocycles. The summed E-state index contributed by atoms with van der Waals surface area (Å²) in [6, 6.07) is 13.0. The third-order valence-electron chi connectivity index (χ3n) is 7.49. The van der Waals surface area contributed by atoms with Crippen molar-refractivity contribution in [2.45, 2.75) is 26.3 Å². The van der Waals surface area contributed by atoms with Gasteiger partial charge in [-0.3, -0.25) is 9.69 Å². The molecule has 3 heterocycles.